The fraction of sp³-hybridized carbons (Fsp3) is 0. The van der Waals surface area contributed by atoms with Gasteiger partial charge in [0.1, 0.15) is 11.5 Å². The van der Waals surface area contributed by atoms with E-state index in [2.05, 4.69) is 0 Å². The molecule has 0 saturated carbocycles. The lowest BCUT2D eigenvalue weighted by atomic mass is 10.2. The quantitative estimate of drug-likeness (QED) is 0.526. The Kier molecular flexibility index (Phi) is 4.15. The van der Waals surface area contributed by atoms with E-state index in [9.17, 15) is 4.79 Å². The van der Waals surface area contributed by atoms with Crippen LogP contribution in [-0.2, 0) is 4.79 Å². The van der Waals surface area contributed by atoms with E-state index in [1.54, 1.807) is 42.5 Å². The Bertz CT molecular complexity index is 664. The lowest BCUT2D eigenvalue weighted by molar-refractivity contribution is -0.128. The second-order valence-corrected chi connectivity index (χ2v) is 3.98. The first-order valence-corrected chi connectivity index (χ1v) is 5.86. The monoisotopic (exact) mass is 265 g/mol. The molecule has 2 aromatic rings. The number of ether oxygens (including phenoxy) is 1. The maximum atomic E-state index is 11.6. The van der Waals surface area contributed by atoms with Crippen molar-refractivity contribution in [1.29, 1.82) is 5.26 Å². The zero-order chi connectivity index (χ0) is 14.4. The number of esters is 1. The van der Waals surface area contributed by atoms with E-state index in [-0.39, 0.29) is 5.75 Å². The van der Waals surface area contributed by atoms with E-state index in [4.69, 9.17) is 15.1 Å². The molecule has 0 heterocycles. The SMILES string of the molecule is N#Cc1ccc(OC(=O)/C=C/c2ccc(O)cc2)cc1. The lowest BCUT2D eigenvalue weighted by Crippen LogP contribution is -2.03. The summed E-state index contributed by atoms with van der Waals surface area (Å²) in [5.41, 5.74) is 1.28. The maximum Gasteiger partial charge on any atom is 0.336 e. The van der Waals surface area contributed by atoms with Crippen LogP contribution >= 0.6 is 0 Å². The third kappa shape index (κ3) is 3.72. The third-order valence-corrected chi connectivity index (χ3v) is 2.51. The molecule has 98 valence electrons. The van der Waals surface area contributed by atoms with Gasteiger partial charge in [0.05, 0.1) is 11.6 Å². The molecule has 2 rings (SSSR count). The Morgan fingerprint density at radius 2 is 1.75 bits per heavy atom. The number of hydrogen-bond donors (Lipinski definition) is 1. The van der Waals surface area contributed by atoms with Gasteiger partial charge in [-0.05, 0) is 48.0 Å². The van der Waals surface area contributed by atoms with Crippen molar-refractivity contribution in [1.82, 2.24) is 0 Å². The van der Waals surface area contributed by atoms with E-state index in [1.165, 1.54) is 18.2 Å². The molecule has 0 aromatic heterocycles. The Hall–Kier alpha value is -3.06. The molecule has 4 nitrogen and oxygen atoms in total. The average molecular weight is 265 g/mol. The topological polar surface area (TPSA) is 70.3 Å². The van der Waals surface area contributed by atoms with Crippen LogP contribution in [0.15, 0.2) is 54.6 Å². The number of carbonyl (C=O) groups excluding carboxylic acids is 1. The van der Waals surface area contributed by atoms with Gasteiger partial charge < -0.3 is 9.84 Å². The number of nitrogens with zero attached hydrogens (tertiary/aromatic N) is 1. The van der Waals surface area contributed by atoms with Crippen LogP contribution in [0.5, 0.6) is 11.5 Å². The highest BCUT2D eigenvalue weighted by Gasteiger charge is 2.00. The van der Waals surface area contributed by atoms with Crippen molar-refractivity contribution in [3.8, 4) is 17.6 Å². The van der Waals surface area contributed by atoms with E-state index >= 15 is 0 Å². The number of nitriles is 1. The number of carbonyl (C=O) groups is 1. The highest BCUT2D eigenvalue weighted by molar-refractivity contribution is 5.88. The molecule has 0 fully saturated rings. The van der Waals surface area contributed by atoms with E-state index in [0.717, 1.165) is 5.56 Å². The molecule has 0 radical (unpaired) electrons. The van der Waals surface area contributed by atoms with Gasteiger partial charge in [-0.3, -0.25) is 0 Å². The van der Waals surface area contributed by atoms with E-state index in [0.29, 0.717) is 11.3 Å². The van der Waals surface area contributed by atoms with Crippen LogP contribution < -0.4 is 4.74 Å². The minimum Gasteiger partial charge on any atom is -0.508 e. The van der Waals surface area contributed by atoms with Crippen molar-refractivity contribution < 1.29 is 14.6 Å². The standard InChI is InChI=1S/C16H11NO3/c17-11-13-3-8-15(9-4-13)20-16(19)10-5-12-1-6-14(18)7-2-12/h1-10,18H/b10-5+. The average Bonchev–Trinajstić information content (AvgIpc) is 2.47. The molecule has 2 aromatic carbocycles. The largest absolute Gasteiger partial charge is 0.508 e. The van der Waals surface area contributed by atoms with E-state index in [1.807, 2.05) is 6.07 Å². The molecule has 0 aliphatic heterocycles. The molecule has 1 N–H and O–H groups in total. The zero-order valence-corrected chi connectivity index (χ0v) is 10.5. The normalized spacial score (nSPS) is 10.2. The summed E-state index contributed by atoms with van der Waals surface area (Å²) in [6.07, 6.45) is 2.88. The molecule has 0 aliphatic carbocycles. The summed E-state index contributed by atoms with van der Waals surface area (Å²) in [4.78, 5) is 11.6. The van der Waals surface area contributed by atoms with Gasteiger partial charge in [-0.25, -0.2) is 4.79 Å². The van der Waals surface area contributed by atoms with Crippen molar-refractivity contribution >= 4 is 12.0 Å². The van der Waals surface area contributed by atoms with Crippen molar-refractivity contribution in [3.05, 3.63) is 65.7 Å². The molecule has 0 bridgehead atoms. The zero-order valence-electron chi connectivity index (χ0n) is 10.5. The lowest BCUT2D eigenvalue weighted by Gasteiger charge is -2.00. The second kappa shape index (κ2) is 6.21. The molecule has 20 heavy (non-hydrogen) atoms. The van der Waals surface area contributed by atoms with Gasteiger partial charge in [0, 0.05) is 6.08 Å². The third-order valence-electron chi connectivity index (χ3n) is 2.51. The molecule has 0 saturated heterocycles. The fourth-order valence-electron chi connectivity index (χ4n) is 1.50. The number of benzene rings is 2. The maximum absolute atomic E-state index is 11.6. The first-order valence-electron chi connectivity index (χ1n) is 5.86. The Labute approximate surface area is 116 Å². The smallest absolute Gasteiger partial charge is 0.336 e. The van der Waals surface area contributed by atoms with Crippen molar-refractivity contribution in [2.75, 3.05) is 0 Å². The van der Waals surface area contributed by atoms with Gasteiger partial charge in [-0.2, -0.15) is 5.26 Å². The van der Waals surface area contributed by atoms with Crippen molar-refractivity contribution in [2.45, 2.75) is 0 Å². The van der Waals surface area contributed by atoms with Gasteiger partial charge >= 0.3 is 5.97 Å². The number of phenols is 1. The second-order valence-electron chi connectivity index (χ2n) is 3.98. The van der Waals surface area contributed by atoms with Crippen molar-refractivity contribution in [2.24, 2.45) is 0 Å². The summed E-state index contributed by atoms with van der Waals surface area (Å²) in [6, 6.07) is 14.7. The van der Waals surface area contributed by atoms with Gasteiger partial charge in [-0.1, -0.05) is 12.1 Å². The molecular weight excluding hydrogens is 254 g/mol. The number of aromatic hydroxyl groups is 1. The van der Waals surface area contributed by atoms with Crippen LogP contribution in [0.25, 0.3) is 6.08 Å². The molecule has 0 spiro atoms. The highest BCUT2D eigenvalue weighted by Crippen LogP contribution is 2.13. The number of rotatable bonds is 3. The highest BCUT2D eigenvalue weighted by atomic mass is 16.5. The minimum atomic E-state index is -0.511. The van der Waals surface area contributed by atoms with Crippen LogP contribution in [-0.4, -0.2) is 11.1 Å². The Balaban J connectivity index is 1.98. The summed E-state index contributed by atoms with van der Waals surface area (Å²) in [5, 5.41) is 17.8. The first-order chi connectivity index (χ1) is 9.67. The van der Waals surface area contributed by atoms with Crippen molar-refractivity contribution in [3.63, 3.8) is 0 Å². The number of hydrogen-bond acceptors (Lipinski definition) is 4. The van der Waals surface area contributed by atoms with Crippen LogP contribution in [0, 0.1) is 11.3 Å². The van der Waals surface area contributed by atoms with Crippen LogP contribution in [0.4, 0.5) is 0 Å². The molecule has 0 aliphatic rings. The molecular formula is C16H11NO3. The van der Waals surface area contributed by atoms with Gasteiger partial charge in [-0.15, -0.1) is 0 Å². The van der Waals surface area contributed by atoms with Crippen LogP contribution in [0.3, 0.4) is 0 Å². The number of phenolic OH excluding ortho intramolecular Hbond substituents is 1. The Morgan fingerprint density at radius 1 is 1.10 bits per heavy atom. The molecule has 0 unspecified atom stereocenters. The summed E-state index contributed by atoms with van der Waals surface area (Å²) in [7, 11) is 0. The summed E-state index contributed by atoms with van der Waals surface area (Å²) >= 11 is 0. The predicted molar refractivity (Wildman–Crippen MR) is 73.9 cm³/mol. The fourth-order valence-corrected chi connectivity index (χ4v) is 1.50. The summed E-state index contributed by atoms with van der Waals surface area (Å²) in [6.45, 7) is 0. The predicted octanol–water partition coefficient (Wildman–Crippen LogP) is 2.88. The minimum absolute atomic E-state index is 0.169. The van der Waals surface area contributed by atoms with Crippen LogP contribution in [0.2, 0.25) is 0 Å². The van der Waals surface area contributed by atoms with E-state index < -0.39 is 5.97 Å². The molecule has 0 amide bonds. The summed E-state index contributed by atoms with van der Waals surface area (Å²) in [5.74, 6) is 0.0365. The van der Waals surface area contributed by atoms with Gasteiger partial charge in [0.15, 0.2) is 0 Å². The molecule has 4 heteroatoms. The summed E-state index contributed by atoms with van der Waals surface area (Å²) < 4.78 is 5.07. The van der Waals surface area contributed by atoms with Gasteiger partial charge in [0.2, 0.25) is 0 Å². The molecule has 0 atom stereocenters. The first kappa shape index (κ1) is 13.4. The van der Waals surface area contributed by atoms with Gasteiger partial charge in [0.25, 0.3) is 0 Å². The van der Waals surface area contributed by atoms with Crippen LogP contribution in [0.1, 0.15) is 11.1 Å². The Morgan fingerprint density at radius 3 is 2.35 bits per heavy atom.